The van der Waals surface area contributed by atoms with Crippen LogP contribution < -0.4 is 0 Å². The number of piperidine rings is 1. The normalized spacial score (nSPS) is 20.6. The fourth-order valence-electron chi connectivity index (χ4n) is 2.77. The van der Waals surface area contributed by atoms with Gasteiger partial charge in [-0.05, 0) is 61.4 Å². The lowest BCUT2D eigenvalue weighted by molar-refractivity contribution is 0.0684. The lowest BCUT2D eigenvalue weighted by Crippen LogP contribution is -2.38. The van der Waals surface area contributed by atoms with Crippen LogP contribution in [0.3, 0.4) is 0 Å². The highest BCUT2D eigenvalue weighted by Gasteiger charge is 2.18. The van der Waals surface area contributed by atoms with E-state index in [0.29, 0.717) is 11.7 Å². The van der Waals surface area contributed by atoms with Gasteiger partial charge in [0, 0.05) is 28.9 Å². The van der Waals surface area contributed by atoms with Gasteiger partial charge < -0.3 is 14.6 Å². The highest BCUT2D eigenvalue weighted by Crippen LogP contribution is 2.17. The van der Waals surface area contributed by atoms with Crippen LogP contribution in [0.1, 0.15) is 43.1 Å². The summed E-state index contributed by atoms with van der Waals surface area (Å²) in [5.74, 6) is -0.839. The van der Waals surface area contributed by atoms with Crippen molar-refractivity contribution in [3.05, 3.63) is 21.5 Å². The van der Waals surface area contributed by atoms with Crippen molar-refractivity contribution in [2.24, 2.45) is 0 Å². The summed E-state index contributed by atoms with van der Waals surface area (Å²) in [6.45, 7) is 5.33. The molecule has 0 amide bonds. The first kappa shape index (κ1) is 14.8. The average molecular weight is 376 g/mol. The zero-order valence-corrected chi connectivity index (χ0v) is 13.5. The Bertz CT molecular complexity index is 445. The van der Waals surface area contributed by atoms with Crippen molar-refractivity contribution in [1.29, 1.82) is 0 Å². The number of hydrogen-bond donors (Lipinski definition) is 1. The first-order valence-corrected chi connectivity index (χ1v) is 7.99. The lowest BCUT2D eigenvalue weighted by atomic mass is 10.0. The Hall–Kier alpha value is -0.560. The zero-order valence-electron chi connectivity index (χ0n) is 11.3. The molecule has 5 heteroatoms. The Kier molecular flexibility index (Phi) is 5.27. The van der Waals surface area contributed by atoms with Crippen molar-refractivity contribution in [3.63, 3.8) is 0 Å². The summed E-state index contributed by atoms with van der Waals surface area (Å²) in [6.07, 6.45) is 6.86. The van der Waals surface area contributed by atoms with Crippen molar-refractivity contribution in [2.75, 3.05) is 13.1 Å². The van der Waals surface area contributed by atoms with Gasteiger partial charge >= 0.3 is 5.97 Å². The number of likely N-dealkylation sites (tertiary alicyclic amines) is 1. The lowest BCUT2D eigenvalue weighted by Gasteiger charge is -2.33. The van der Waals surface area contributed by atoms with Crippen LogP contribution >= 0.6 is 22.6 Å². The van der Waals surface area contributed by atoms with Crippen molar-refractivity contribution in [3.8, 4) is 0 Å². The first-order chi connectivity index (χ1) is 9.08. The third-order valence-corrected chi connectivity index (χ3v) is 4.46. The molecule has 0 bridgehead atoms. The minimum Gasteiger partial charge on any atom is -0.477 e. The van der Waals surface area contributed by atoms with Crippen LogP contribution in [0.4, 0.5) is 0 Å². The van der Waals surface area contributed by atoms with Crippen molar-refractivity contribution < 1.29 is 9.90 Å². The van der Waals surface area contributed by atoms with Crippen LogP contribution in [0.5, 0.6) is 0 Å². The molecular formula is C14H21IN2O2. The summed E-state index contributed by atoms with van der Waals surface area (Å²) in [7, 11) is 0. The summed E-state index contributed by atoms with van der Waals surface area (Å²) >= 11 is 2.16. The summed E-state index contributed by atoms with van der Waals surface area (Å²) in [4.78, 5) is 13.6. The molecule has 106 valence electrons. The van der Waals surface area contributed by atoms with E-state index in [1.165, 1.54) is 25.8 Å². The summed E-state index contributed by atoms with van der Waals surface area (Å²) in [5, 5.41) is 9.13. The first-order valence-electron chi connectivity index (χ1n) is 6.91. The Morgan fingerprint density at radius 1 is 1.47 bits per heavy atom. The maximum atomic E-state index is 11.1. The number of hydrogen-bond acceptors (Lipinski definition) is 2. The number of aromatic nitrogens is 1. The highest BCUT2D eigenvalue weighted by atomic mass is 127. The predicted molar refractivity (Wildman–Crippen MR) is 83.6 cm³/mol. The number of rotatable bonds is 5. The monoisotopic (exact) mass is 376 g/mol. The molecule has 1 unspecified atom stereocenters. The largest absolute Gasteiger partial charge is 0.477 e. The minimum atomic E-state index is -0.839. The number of halogens is 1. The Morgan fingerprint density at radius 3 is 2.95 bits per heavy atom. The van der Waals surface area contributed by atoms with Crippen LogP contribution in [0, 0.1) is 3.57 Å². The van der Waals surface area contributed by atoms with Gasteiger partial charge in [0.05, 0.1) is 0 Å². The molecule has 19 heavy (non-hydrogen) atoms. The van der Waals surface area contributed by atoms with Crippen LogP contribution in [0.2, 0.25) is 0 Å². The van der Waals surface area contributed by atoms with Crippen molar-refractivity contribution in [1.82, 2.24) is 9.47 Å². The second-order valence-corrected chi connectivity index (χ2v) is 6.52. The molecule has 0 radical (unpaired) electrons. The van der Waals surface area contributed by atoms with E-state index in [-0.39, 0.29) is 0 Å². The number of nitrogens with zero attached hydrogens (tertiary/aromatic N) is 2. The van der Waals surface area contributed by atoms with Gasteiger partial charge in [-0.1, -0.05) is 6.42 Å². The molecule has 1 aliphatic rings. The number of carboxylic acid groups (broad SMARTS) is 1. The summed E-state index contributed by atoms with van der Waals surface area (Å²) in [5.41, 5.74) is 0.399. The van der Waals surface area contributed by atoms with E-state index in [4.69, 9.17) is 5.11 Å². The molecule has 1 aliphatic heterocycles. The molecule has 0 aliphatic carbocycles. The van der Waals surface area contributed by atoms with E-state index in [0.717, 1.165) is 23.1 Å². The van der Waals surface area contributed by atoms with E-state index >= 15 is 0 Å². The zero-order chi connectivity index (χ0) is 13.8. The van der Waals surface area contributed by atoms with Crippen molar-refractivity contribution >= 4 is 28.6 Å². The van der Waals surface area contributed by atoms with Gasteiger partial charge in [0.25, 0.3) is 0 Å². The third kappa shape index (κ3) is 3.95. The smallest absolute Gasteiger partial charge is 0.352 e. The highest BCUT2D eigenvalue weighted by molar-refractivity contribution is 14.1. The third-order valence-electron chi connectivity index (χ3n) is 3.87. The Balaban J connectivity index is 1.87. The maximum Gasteiger partial charge on any atom is 0.352 e. The SMILES string of the molecule is CC1CCCCN1CCCn1cc(I)cc1C(=O)O. The summed E-state index contributed by atoms with van der Waals surface area (Å²) in [6, 6.07) is 2.41. The molecule has 0 spiro atoms. The van der Waals surface area contributed by atoms with E-state index in [9.17, 15) is 4.79 Å². The number of carbonyl (C=O) groups is 1. The molecule has 1 atom stereocenters. The molecule has 1 aromatic heterocycles. The quantitative estimate of drug-likeness (QED) is 0.804. The van der Waals surface area contributed by atoms with Gasteiger partial charge in [0.1, 0.15) is 5.69 Å². The van der Waals surface area contributed by atoms with Gasteiger partial charge in [-0.2, -0.15) is 0 Å². The van der Waals surface area contributed by atoms with E-state index in [1.54, 1.807) is 6.07 Å². The predicted octanol–water partition coefficient (Wildman–Crippen LogP) is 3.06. The molecule has 1 saturated heterocycles. The fraction of sp³-hybridized carbons (Fsp3) is 0.643. The Morgan fingerprint density at radius 2 is 2.26 bits per heavy atom. The molecule has 0 saturated carbocycles. The van der Waals surface area contributed by atoms with Crippen molar-refractivity contribution in [2.45, 2.75) is 45.2 Å². The standard InChI is InChI=1S/C14H21IN2O2/c1-11-5-2-3-6-16(11)7-4-8-17-10-12(15)9-13(17)14(18)19/h9-11H,2-8H2,1H3,(H,18,19). The van der Waals surface area contributed by atoms with Crippen LogP contribution in [-0.4, -0.2) is 39.7 Å². The Labute approximate surface area is 127 Å². The van der Waals surface area contributed by atoms with Gasteiger partial charge in [-0.15, -0.1) is 0 Å². The second-order valence-electron chi connectivity index (χ2n) is 5.28. The molecule has 1 fully saturated rings. The van der Waals surface area contributed by atoms with Gasteiger partial charge in [-0.3, -0.25) is 0 Å². The number of carboxylic acids is 1. The molecule has 1 N–H and O–H groups in total. The summed E-state index contributed by atoms with van der Waals surface area (Å²) < 4.78 is 2.85. The van der Waals surface area contributed by atoms with E-state index in [1.807, 2.05) is 10.8 Å². The molecular weight excluding hydrogens is 355 g/mol. The number of aromatic carboxylic acids is 1. The molecule has 4 nitrogen and oxygen atoms in total. The molecule has 2 rings (SSSR count). The molecule has 1 aromatic rings. The molecule has 2 heterocycles. The van der Waals surface area contributed by atoms with Gasteiger partial charge in [0.2, 0.25) is 0 Å². The number of aryl methyl sites for hydroxylation is 1. The fourth-order valence-corrected chi connectivity index (χ4v) is 3.40. The average Bonchev–Trinajstić information content (AvgIpc) is 2.73. The van der Waals surface area contributed by atoms with E-state index < -0.39 is 5.97 Å². The van der Waals surface area contributed by atoms with Gasteiger partial charge in [0.15, 0.2) is 0 Å². The van der Waals surface area contributed by atoms with Gasteiger partial charge in [-0.25, -0.2) is 4.79 Å². The second kappa shape index (κ2) is 6.74. The van der Waals surface area contributed by atoms with E-state index in [2.05, 4.69) is 34.4 Å². The minimum absolute atomic E-state index is 0.399. The van der Waals surface area contributed by atoms with Crippen LogP contribution in [0.15, 0.2) is 12.3 Å². The van der Waals surface area contributed by atoms with Crippen LogP contribution in [0.25, 0.3) is 0 Å². The molecule has 0 aromatic carbocycles. The topological polar surface area (TPSA) is 45.5 Å². The maximum absolute atomic E-state index is 11.1. The van der Waals surface area contributed by atoms with Crippen LogP contribution in [-0.2, 0) is 6.54 Å².